The number of nitro groups is 1. The Balaban J connectivity index is 1.30. The van der Waals surface area contributed by atoms with E-state index < -0.39 is 4.92 Å². The lowest BCUT2D eigenvalue weighted by molar-refractivity contribution is -0.384. The van der Waals surface area contributed by atoms with Crippen LogP contribution in [0.25, 0.3) is 11.0 Å². The van der Waals surface area contributed by atoms with Gasteiger partial charge in [-0.3, -0.25) is 14.9 Å². The number of piperidine rings is 1. The van der Waals surface area contributed by atoms with Gasteiger partial charge in [0.1, 0.15) is 5.82 Å². The number of imidazole rings is 1. The number of anilines is 1. The maximum Gasteiger partial charge on any atom is 0.269 e. The highest BCUT2D eigenvalue weighted by Gasteiger charge is 2.39. The molecule has 3 heterocycles. The second-order valence-corrected chi connectivity index (χ2v) is 10.0. The Bertz CT molecular complexity index is 1260. The molecule has 3 aromatic rings. The number of fused-ring (bicyclic) bond motifs is 1. The van der Waals surface area contributed by atoms with Gasteiger partial charge in [-0.1, -0.05) is 12.1 Å². The largest absolute Gasteiger partial charge is 0.385 e. The number of carbonyl (C=O) groups is 1. The standard InChI is InChI=1S/C27H34N6O4/c1-37-15-5-14-32-25-8-3-2-7-24(25)29-26(32)19-6-4-13-30(16-19)27(34)22-17-31(18-23(22)28)20-9-11-21(12-10-20)33(35)36/h2-3,7-12,19,22-23H,4-6,13-18,28H2,1H3/t19?,22-,23-/m1/s1. The van der Waals surface area contributed by atoms with Crippen LogP contribution < -0.4 is 10.6 Å². The molecule has 3 atom stereocenters. The van der Waals surface area contributed by atoms with E-state index in [1.54, 1.807) is 19.2 Å². The minimum Gasteiger partial charge on any atom is -0.385 e. The van der Waals surface area contributed by atoms with Crippen molar-refractivity contribution in [3.63, 3.8) is 0 Å². The van der Waals surface area contributed by atoms with Gasteiger partial charge >= 0.3 is 0 Å². The highest BCUT2D eigenvalue weighted by molar-refractivity contribution is 5.81. The molecule has 10 heteroatoms. The Hall–Kier alpha value is -3.50. The third-order valence-corrected chi connectivity index (χ3v) is 7.62. The number of aromatic nitrogens is 2. The van der Waals surface area contributed by atoms with Crippen molar-refractivity contribution in [1.29, 1.82) is 0 Å². The summed E-state index contributed by atoms with van der Waals surface area (Å²) in [5.41, 5.74) is 9.45. The van der Waals surface area contributed by atoms with Gasteiger partial charge in [0.2, 0.25) is 5.91 Å². The van der Waals surface area contributed by atoms with Gasteiger partial charge in [0.05, 0.1) is 21.9 Å². The first kappa shape index (κ1) is 25.2. The van der Waals surface area contributed by atoms with Crippen molar-refractivity contribution in [2.24, 2.45) is 11.7 Å². The number of para-hydroxylation sites is 2. The second kappa shape index (κ2) is 10.9. The molecule has 2 aliphatic heterocycles. The van der Waals surface area contributed by atoms with E-state index in [1.165, 1.54) is 12.1 Å². The van der Waals surface area contributed by atoms with E-state index in [0.717, 1.165) is 54.9 Å². The summed E-state index contributed by atoms with van der Waals surface area (Å²) < 4.78 is 7.57. The average molecular weight is 507 g/mol. The van der Waals surface area contributed by atoms with E-state index in [-0.39, 0.29) is 29.5 Å². The summed E-state index contributed by atoms with van der Waals surface area (Å²) in [5, 5.41) is 11.0. The quantitative estimate of drug-likeness (QED) is 0.283. The van der Waals surface area contributed by atoms with Crippen LogP contribution in [0.5, 0.6) is 0 Å². The van der Waals surface area contributed by atoms with Crippen LogP contribution in [0.1, 0.15) is 31.0 Å². The van der Waals surface area contributed by atoms with Gasteiger partial charge in [-0.15, -0.1) is 0 Å². The van der Waals surface area contributed by atoms with Crippen molar-refractivity contribution in [2.75, 3.05) is 44.8 Å². The Morgan fingerprint density at radius 1 is 1.16 bits per heavy atom. The molecule has 0 spiro atoms. The van der Waals surface area contributed by atoms with E-state index in [1.807, 2.05) is 28.0 Å². The lowest BCUT2D eigenvalue weighted by atomic mass is 9.94. The molecule has 2 saturated heterocycles. The maximum absolute atomic E-state index is 13.7. The number of hydrogen-bond acceptors (Lipinski definition) is 7. The number of amides is 1. The molecule has 10 nitrogen and oxygen atoms in total. The van der Waals surface area contributed by atoms with Gasteiger partial charge in [0.15, 0.2) is 0 Å². The average Bonchev–Trinajstić information content (AvgIpc) is 3.49. The van der Waals surface area contributed by atoms with Crippen molar-refractivity contribution in [3.8, 4) is 0 Å². The number of carbonyl (C=O) groups excluding carboxylic acids is 1. The lowest BCUT2D eigenvalue weighted by Crippen LogP contribution is -2.47. The summed E-state index contributed by atoms with van der Waals surface area (Å²) in [5.74, 6) is 0.979. The zero-order valence-electron chi connectivity index (χ0n) is 21.2. The van der Waals surface area contributed by atoms with Gasteiger partial charge in [-0.05, 0) is 43.5 Å². The fourth-order valence-corrected chi connectivity index (χ4v) is 5.72. The first-order valence-electron chi connectivity index (χ1n) is 12.9. The van der Waals surface area contributed by atoms with Crippen LogP contribution in [0.3, 0.4) is 0 Å². The van der Waals surface area contributed by atoms with Crippen LogP contribution >= 0.6 is 0 Å². The number of aryl methyl sites for hydroxylation is 1. The first-order chi connectivity index (χ1) is 18.0. The summed E-state index contributed by atoms with van der Waals surface area (Å²) in [6, 6.07) is 14.3. The number of nitrogens with two attached hydrogens (primary N) is 1. The summed E-state index contributed by atoms with van der Waals surface area (Å²) in [4.78, 5) is 33.2. The topological polar surface area (TPSA) is 120 Å². The minimum atomic E-state index is -0.412. The number of ether oxygens (including phenoxy) is 1. The molecule has 0 aliphatic carbocycles. The Morgan fingerprint density at radius 3 is 2.70 bits per heavy atom. The molecule has 1 aromatic heterocycles. The molecule has 1 unspecified atom stereocenters. The number of likely N-dealkylation sites (tertiary alicyclic amines) is 1. The molecule has 0 saturated carbocycles. The number of non-ortho nitro benzene ring substituents is 1. The monoisotopic (exact) mass is 506 g/mol. The summed E-state index contributed by atoms with van der Waals surface area (Å²) in [6.07, 6.45) is 2.81. The van der Waals surface area contributed by atoms with Crippen molar-refractivity contribution in [3.05, 3.63) is 64.5 Å². The summed E-state index contributed by atoms with van der Waals surface area (Å²) in [6.45, 7) is 3.92. The van der Waals surface area contributed by atoms with Gasteiger partial charge in [0, 0.05) is 76.2 Å². The SMILES string of the molecule is COCCCn1c(C2CCCN(C(=O)[C@@H]3CN(c4ccc([N+](=O)[O-])cc4)C[C@H]3N)C2)nc2ccccc21. The van der Waals surface area contributed by atoms with Crippen LogP contribution in [-0.2, 0) is 16.1 Å². The predicted octanol–water partition coefficient (Wildman–Crippen LogP) is 3.15. The van der Waals surface area contributed by atoms with Crippen molar-refractivity contribution < 1.29 is 14.5 Å². The van der Waals surface area contributed by atoms with Crippen LogP contribution in [0.4, 0.5) is 11.4 Å². The molecular formula is C27H34N6O4. The zero-order chi connectivity index (χ0) is 25.9. The third kappa shape index (κ3) is 5.17. The Labute approximate surface area is 216 Å². The van der Waals surface area contributed by atoms with Crippen LogP contribution in [0, 0.1) is 16.0 Å². The molecule has 2 aromatic carbocycles. The van der Waals surface area contributed by atoms with E-state index in [0.29, 0.717) is 26.2 Å². The molecule has 1 amide bonds. The van der Waals surface area contributed by atoms with Crippen molar-refractivity contribution in [1.82, 2.24) is 14.5 Å². The lowest BCUT2D eigenvalue weighted by Gasteiger charge is -2.35. The molecule has 2 aliphatic rings. The van der Waals surface area contributed by atoms with E-state index in [9.17, 15) is 14.9 Å². The number of hydrogen-bond donors (Lipinski definition) is 1. The van der Waals surface area contributed by atoms with Crippen molar-refractivity contribution in [2.45, 2.75) is 37.8 Å². The van der Waals surface area contributed by atoms with E-state index >= 15 is 0 Å². The van der Waals surface area contributed by atoms with Gasteiger partial charge in [0.25, 0.3) is 5.69 Å². The highest BCUT2D eigenvalue weighted by atomic mass is 16.6. The molecule has 2 fully saturated rings. The normalized spacial score (nSPS) is 22.1. The number of benzene rings is 2. The number of methoxy groups -OCH3 is 1. The van der Waals surface area contributed by atoms with Crippen molar-refractivity contribution >= 4 is 28.3 Å². The van der Waals surface area contributed by atoms with Crippen LogP contribution in [-0.4, -0.2) is 71.2 Å². The fourth-order valence-electron chi connectivity index (χ4n) is 5.72. The number of rotatable bonds is 8. The zero-order valence-corrected chi connectivity index (χ0v) is 21.2. The third-order valence-electron chi connectivity index (χ3n) is 7.62. The van der Waals surface area contributed by atoms with E-state index in [2.05, 4.69) is 10.6 Å². The highest BCUT2D eigenvalue weighted by Crippen LogP contribution is 2.32. The Morgan fingerprint density at radius 2 is 1.95 bits per heavy atom. The summed E-state index contributed by atoms with van der Waals surface area (Å²) in [7, 11) is 1.72. The molecule has 0 radical (unpaired) electrons. The smallest absolute Gasteiger partial charge is 0.269 e. The molecule has 37 heavy (non-hydrogen) atoms. The second-order valence-electron chi connectivity index (χ2n) is 10.0. The number of nitrogens with zero attached hydrogens (tertiary/aromatic N) is 5. The molecule has 196 valence electrons. The molecule has 5 rings (SSSR count). The van der Waals surface area contributed by atoms with Gasteiger partial charge < -0.3 is 24.8 Å². The van der Waals surface area contributed by atoms with Crippen LogP contribution in [0.15, 0.2) is 48.5 Å². The minimum absolute atomic E-state index is 0.0486. The first-order valence-corrected chi connectivity index (χ1v) is 12.9. The predicted molar refractivity (Wildman–Crippen MR) is 142 cm³/mol. The van der Waals surface area contributed by atoms with Gasteiger partial charge in [-0.2, -0.15) is 0 Å². The molecular weight excluding hydrogens is 472 g/mol. The fraction of sp³-hybridized carbons (Fsp3) is 0.481. The van der Waals surface area contributed by atoms with Crippen LogP contribution in [0.2, 0.25) is 0 Å². The number of nitro benzene ring substituents is 1. The van der Waals surface area contributed by atoms with Gasteiger partial charge in [-0.25, -0.2) is 4.98 Å². The summed E-state index contributed by atoms with van der Waals surface area (Å²) >= 11 is 0. The Kier molecular flexibility index (Phi) is 7.38. The van der Waals surface area contributed by atoms with E-state index in [4.69, 9.17) is 15.5 Å². The molecule has 0 bridgehead atoms. The maximum atomic E-state index is 13.7. The molecule has 2 N–H and O–H groups in total.